The number of rotatable bonds is 1. The van der Waals surface area contributed by atoms with Crippen molar-refractivity contribution in [3.05, 3.63) is 53.8 Å². The summed E-state index contributed by atoms with van der Waals surface area (Å²) in [5.74, 6) is -2.68. The lowest BCUT2D eigenvalue weighted by Crippen LogP contribution is -1.96. The average Bonchev–Trinajstić information content (AvgIpc) is 2.26. The fourth-order valence-corrected chi connectivity index (χ4v) is 1.44. The third-order valence-electron chi connectivity index (χ3n) is 2.25. The molecule has 82 valence electrons. The largest absolute Gasteiger partial charge is 0.396 e. The lowest BCUT2D eigenvalue weighted by molar-refractivity contribution is 0.514. The molecule has 1 nitrogen and oxygen atoms in total. The Morgan fingerprint density at radius 1 is 0.875 bits per heavy atom. The van der Waals surface area contributed by atoms with Crippen molar-refractivity contribution in [1.82, 2.24) is 0 Å². The van der Waals surface area contributed by atoms with Gasteiger partial charge in [-0.2, -0.15) is 0 Å². The second kappa shape index (κ2) is 3.89. The lowest BCUT2D eigenvalue weighted by atomic mass is 10.0. The van der Waals surface area contributed by atoms with E-state index in [1.165, 1.54) is 30.3 Å². The summed E-state index contributed by atoms with van der Waals surface area (Å²) in [6.07, 6.45) is 0. The number of nitrogen functional groups attached to an aromatic ring is 1. The van der Waals surface area contributed by atoms with Gasteiger partial charge in [0.15, 0.2) is 11.6 Å². The van der Waals surface area contributed by atoms with Crippen molar-refractivity contribution in [3.63, 3.8) is 0 Å². The molecular formula is C12H8F3N. The maximum Gasteiger partial charge on any atom is 0.182 e. The SMILES string of the molecule is Nc1ccc(-c2cccc(F)c2)c(F)c1F. The molecule has 0 radical (unpaired) electrons. The molecule has 2 aromatic carbocycles. The van der Waals surface area contributed by atoms with E-state index in [0.29, 0.717) is 0 Å². The van der Waals surface area contributed by atoms with E-state index in [2.05, 4.69) is 0 Å². The van der Waals surface area contributed by atoms with Crippen LogP contribution in [0.3, 0.4) is 0 Å². The number of hydrogen-bond acceptors (Lipinski definition) is 1. The third-order valence-corrected chi connectivity index (χ3v) is 2.25. The molecule has 16 heavy (non-hydrogen) atoms. The summed E-state index contributed by atoms with van der Waals surface area (Å²) in [6.45, 7) is 0. The Labute approximate surface area is 90.3 Å². The molecule has 0 atom stereocenters. The zero-order valence-corrected chi connectivity index (χ0v) is 8.18. The van der Waals surface area contributed by atoms with Crippen LogP contribution in [0.1, 0.15) is 0 Å². The van der Waals surface area contributed by atoms with Gasteiger partial charge in [0.25, 0.3) is 0 Å². The van der Waals surface area contributed by atoms with E-state index in [9.17, 15) is 13.2 Å². The summed E-state index contributed by atoms with van der Waals surface area (Å²) < 4.78 is 39.6. The van der Waals surface area contributed by atoms with Gasteiger partial charge in [-0.25, -0.2) is 13.2 Å². The van der Waals surface area contributed by atoms with Crippen molar-refractivity contribution in [2.24, 2.45) is 0 Å². The molecule has 0 aliphatic rings. The number of halogens is 3. The van der Waals surface area contributed by atoms with Gasteiger partial charge in [0.1, 0.15) is 5.82 Å². The summed E-state index contributed by atoms with van der Waals surface area (Å²) in [5, 5.41) is 0. The quantitative estimate of drug-likeness (QED) is 0.737. The first-order valence-corrected chi connectivity index (χ1v) is 4.59. The molecule has 0 fully saturated rings. The summed E-state index contributed by atoms with van der Waals surface area (Å²) in [7, 11) is 0. The van der Waals surface area contributed by atoms with Crippen molar-refractivity contribution in [2.45, 2.75) is 0 Å². The monoisotopic (exact) mass is 223 g/mol. The van der Waals surface area contributed by atoms with Crippen LogP contribution in [0.4, 0.5) is 18.9 Å². The molecule has 0 bridgehead atoms. The highest BCUT2D eigenvalue weighted by Gasteiger charge is 2.13. The summed E-state index contributed by atoms with van der Waals surface area (Å²) in [6, 6.07) is 7.86. The highest BCUT2D eigenvalue weighted by atomic mass is 19.2. The second-order valence-corrected chi connectivity index (χ2v) is 3.34. The lowest BCUT2D eigenvalue weighted by Gasteiger charge is -2.06. The van der Waals surface area contributed by atoms with E-state index in [0.717, 1.165) is 6.07 Å². The first-order chi connectivity index (χ1) is 7.59. The molecule has 0 unspecified atom stereocenters. The van der Waals surface area contributed by atoms with Crippen LogP contribution in [0.15, 0.2) is 36.4 Å². The van der Waals surface area contributed by atoms with Crippen LogP contribution >= 0.6 is 0 Å². The van der Waals surface area contributed by atoms with Crippen molar-refractivity contribution in [3.8, 4) is 11.1 Å². The first kappa shape index (κ1) is 10.5. The van der Waals surface area contributed by atoms with Gasteiger partial charge in [0.05, 0.1) is 5.69 Å². The van der Waals surface area contributed by atoms with Gasteiger partial charge in [-0.05, 0) is 29.8 Å². The van der Waals surface area contributed by atoms with Crippen molar-refractivity contribution in [1.29, 1.82) is 0 Å². The van der Waals surface area contributed by atoms with Crippen LogP contribution < -0.4 is 5.73 Å². The standard InChI is InChI=1S/C12H8F3N/c13-8-3-1-2-7(6-8)9-4-5-10(16)12(15)11(9)14/h1-6H,16H2. The Morgan fingerprint density at radius 3 is 2.31 bits per heavy atom. The maximum atomic E-state index is 13.5. The van der Waals surface area contributed by atoms with Crippen molar-refractivity contribution < 1.29 is 13.2 Å². The van der Waals surface area contributed by atoms with Crippen LogP contribution in [-0.2, 0) is 0 Å². The van der Waals surface area contributed by atoms with E-state index >= 15 is 0 Å². The third kappa shape index (κ3) is 1.74. The van der Waals surface area contributed by atoms with Gasteiger partial charge in [-0.1, -0.05) is 12.1 Å². The Hall–Kier alpha value is -1.97. The Balaban J connectivity index is 2.61. The smallest absolute Gasteiger partial charge is 0.182 e. The molecule has 0 aliphatic carbocycles. The Morgan fingerprint density at radius 2 is 1.62 bits per heavy atom. The molecule has 2 aromatic rings. The van der Waals surface area contributed by atoms with Gasteiger partial charge in [0, 0.05) is 5.56 Å². The molecule has 0 aromatic heterocycles. The van der Waals surface area contributed by atoms with E-state index in [1.807, 2.05) is 0 Å². The second-order valence-electron chi connectivity index (χ2n) is 3.34. The summed E-state index contributed by atoms with van der Waals surface area (Å²) in [5.41, 5.74) is 5.21. The normalized spacial score (nSPS) is 10.4. The van der Waals surface area contributed by atoms with Gasteiger partial charge < -0.3 is 5.73 Å². The number of hydrogen-bond donors (Lipinski definition) is 1. The van der Waals surface area contributed by atoms with Crippen molar-refractivity contribution in [2.75, 3.05) is 5.73 Å². The molecule has 0 amide bonds. The minimum absolute atomic E-state index is 0.00815. The first-order valence-electron chi connectivity index (χ1n) is 4.59. The van der Waals surface area contributed by atoms with Gasteiger partial charge in [0.2, 0.25) is 0 Å². The average molecular weight is 223 g/mol. The molecule has 2 rings (SSSR count). The molecule has 0 heterocycles. The molecule has 4 heteroatoms. The topological polar surface area (TPSA) is 26.0 Å². The Bertz CT molecular complexity index is 538. The molecular weight excluding hydrogens is 215 g/mol. The van der Waals surface area contributed by atoms with Crippen molar-refractivity contribution >= 4 is 5.69 Å². The van der Waals surface area contributed by atoms with Gasteiger partial charge in [-0.3, -0.25) is 0 Å². The predicted molar refractivity (Wildman–Crippen MR) is 56.2 cm³/mol. The minimum Gasteiger partial charge on any atom is -0.396 e. The maximum absolute atomic E-state index is 13.5. The highest BCUT2D eigenvalue weighted by Crippen LogP contribution is 2.27. The molecule has 0 spiro atoms. The van der Waals surface area contributed by atoms with E-state index in [-0.39, 0.29) is 16.8 Å². The summed E-state index contributed by atoms with van der Waals surface area (Å²) in [4.78, 5) is 0. The molecule has 0 aliphatic heterocycles. The zero-order valence-electron chi connectivity index (χ0n) is 8.18. The number of nitrogens with two attached hydrogens (primary N) is 1. The predicted octanol–water partition coefficient (Wildman–Crippen LogP) is 3.35. The zero-order chi connectivity index (χ0) is 11.7. The van der Waals surface area contributed by atoms with Crippen LogP contribution in [0, 0.1) is 17.5 Å². The molecule has 0 saturated heterocycles. The van der Waals surface area contributed by atoms with Gasteiger partial charge >= 0.3 is 0 Å². The van der Waals surface area contributed by atoms with Crippen LogP contribution in [0.2, 0.25) is 0 Å². The Kier molecular flexibility index (Phi) is 2.56. The molecule has 2 N–H and O–H groups in total. The number of anilines is 1. The van der Waals surface area contributed by atoms with Crippen LogP contribution in [-0.4, -0.2) is 0 Å². The van der Waals surface area contributed by atoms with E-state index in [4.69, 9.17) is 5.73 Å². The molecule has 0 saturated carbocycles. The van der Waals surface area contributed by atoms with Gasteiger partial charge in [-0.15, -0.1) is 0 Å². The summed E-state index contributed by atoms with van der Waals surface area (Å²) >= 11 is 0. The van der Waals surface area contributed by atoms with E-state index in [1.54, 1.807) is 0 Å². The highest BCUT2D eigenvalue weighted by molar-refractivity contribution is 5.66. The fourth-order valence-electron chi connectivity index (χ4n) is 1.44. The minimum atomic E-state index is -1.11. The fraction of sp³-hybridized carbons (Fsp3) is 0. The number of benzene rings is 2. The van der Waals surface area contributed by atoms with Crippen LogP contribution in [0.5, 0.6) is 0 Å². The van der Waals surface area contributed by atoms with E-state index < -0.39 is 17.5 Å². The van der Waals surface area contributed by atoms with Crippen LogP contribution in [0.25, 0.3) is 11.1 Å².